The molecule has 3 aromatic carbocycles. The number of rotatable bonds is 4. The van der Waals surface area contributed by atoms with Crippen molar-refractivity contribution >= 4 is 49.8 Å². The smallest absolute Gasteiger partial charge is 0.263 e. The van der Waals surface area contributed by atoms with Crippen molar-refractivity contribution in [2.45, 2.75) is 4.90 Å². The van der Waals surface area contributed by atoms with Crippen LogP contribution in [-0.2, 0) is 10.0 Å². The Balaban J connectivity index is 1.61. The van der Waals surface area contributed by atoms with E-state index in [0.29, 0.717) is 5.69 Å². The second-order valence-electron chi connectivity index (χ2n) is 5.91. The summed E-state index contributed by atoms with van der Waals surface area (Å²) < 4.78 is 27.7. The number of aromatic amines is 1. The van der Waals surface area contributed by atoms with Crippen molar-refractivity contribution in [3.63, 3.8) is 0 Å². The van der Waals surface area contributed by atoms with Gasteiger partial charge in [-0.3, -0.25) is 9.82 Å². The third-order valence-corrected chi connectivity index (χ3v) is 6.47. The zero-order valence-electron chi connectivity index (χ0n) is 13.8. The van der Waals surface area contributed by atoms with Gasteiger partial charge in [-0.25, -0.2) is 8.42 Å². The van der Waals surface area contributed by atoms with E-state index in [0.717, 1.165) is 22.0 Å². The number of sulfonamides is 1. The molecule has 136 valence electrons. The number of aromatic nitrogens is 2. The minimum atomic E-state index is -3.84. The Morgan fingerprint density at radius 3 is 2.44 bits per heavy atom. The standard InChI is InChI=1S/C19H13Cl2N3O2S/c20-16-2-1-3-18(19(16)21)27(25,26)24-15-8-6-12(7-9-15)13-4-5-14-11-22-23-17(14)10-13/h1-11,24H,(H,22,23). The topological polar surface area (TPSA) is 74.8 Å². The van der Waals surface area contributed by atoms with Gasteiger partial charge < -0.3 is 0 Å². The third-order valence-electron chi connectivity index (χ3n) is 4.12. The lowest BCUT2D eigenvalue weighted by atomic mass is 10.0. The van der Waals surface area contributed by atoms with Gasteiger partial charge in [-0.1, -0.05) is 53.5 Å². The maximum absolute atomic E-state index is 12.6. The van der Waals surface area contributed by atoms with E-state index in [-0.39, 0.29) is 14.9 Å². The molecule has 27 heavy (non-hydrogen) atoms. The molecule has 0 aliphatic carbocycles. The van der Waals surface area contributed by atoms with Crippen LogP contribution in [0.5, 0.6) is 0 Å². The number of halogens is 2. The van der Waals surface area contributed by atoms with Crippen molar-refractivity contribution in [1.82, 2.24) is 10.2 Å². The van der Waals surface area contributed by atoms with Gasteiger partial charge in [0.2, 0.25) is 0 Å². The lowest BCUT2D eigenvalue weighted by Crippen LogP contribution is -2.13. The summed E-state index contributed by atoms with van der Waals surface area (Å²) in [4.78, 5) is -0.0644. The first-order chi connectivity index (χ1) is 12.9. The summed E-state index contributed by atoms with van der Waals surface area (Å²) in [6, 6.07) is 17.5. The quantitative estimate of drug-likeness (QED) is 0.470. The van der Waals surface area contributed by atoms with E-state index in [1.54, 1.807) is 18.3 Å². The highest BCUT2D eigenvalue weighted by molar-refractivity contribution is 7.92. The molecule has 0 atom stereocenters. The fraction of sp³-hybridized carbons (Fsp3) is 0. The number of hydrogen-bond acceptors (Lipinski definition) is 3. The number of hydrogen-bond donors (Lipinski definition) is 2. The normalized spacial score (nSPS) is 11.6. The highest BCUT2D eigenvalue weighted by Gasteiger charge is 2.19. The van der Waals surface area contributed by atoms with Gasteiger partial charge in [-0.05, 0) is 41.5 Å². The number of nitrogens with one attached hydrogen (secondary N) is 2. The molecule has 0 radical (unpaired) electrons. The summed E-state index contributed by atoms with van der Waals surface area (Å²) in [5.74, 6) is 0. The van der Waals surface area contributed by atoms with Crippen LogP contribution < -0.4 is 4.72 Å². The van der Waals surface area contributed by atoms with E-state index >= 15 is 0 Å². The summed E-state index contributed by atoms with van der Waals surface area (Å²) in [6.45, 7) is 0. The van der Waals surface area contributed by atoms with E-state index in [4.69, 9.17) is 23.2 Å². The Hall–Kier alpha value is -2.54. The lowest BCUT2D eigenvalue weighted by Gasteiger charge is -2.11. The minimum Gasteiger partial charge on any atom is -0.280 e. The van der Waals surface area contributed by atoms with Gasteiger partial charge in [0.05, 0.1) is 21.8 Å². The summed E-state index contributed by atoms with van der Waals surface area (Å²) in [5.41, 5.74) is 3.32. The van der Waals surface area contributed by atoms with Gasteiger partial charge in [0, 0.05) is 11.1 Å². The number of H-pyrrole nitrogens is 1. The Bertz CT molecular complexity index is 1240. The minimum absolute atomic E-state index is 0.00357. The van der Waals surface area contributed by atoms with E-state index in [1.165, 1.54) is 18.2 Å². The van der Waals surface area contributed by atoms with Crippen molar-refractivity contribution in [3.05, 3.63) is 76.9 Å². The molecule has 0 unspecified atom stereocenters. The molecule has 0 aliphatic rings. The molecule has 0 bridgehead atoms. The average molecular weight is 418 g/mol. The molecular formula is C19H13Cl2N3O2S. The molecule has 1 heterocycles. The first kappa shape index (κ1) is 17.9. The van der Waals surface area contributed by atoms with Crippen LogP contribution >= 0.6 is 23.2 Å². The molecule has 4 aromatic rings. The predicted octanol–water partition coefficient (Wildman–Crippen LogP) is 5.34. The maximum atomic E-state index is 12.6. The van der Waals surface area contributed by atoms with E-state index in [9.17, 15) is 8.42 Å². The summed E-state index contributed by atoms with van der Waals surface area (Å²) in [7, 11) is -3.84. The molecule has 1 aromatic heterocycles. The molecule has 5 nitrogen and oxygen atoms in total. The Morgan fingerprint density at radius 2 is 1.67 bits per heavy atom. The Labute approximate surface area is 166 Å². The lowest BCUT2D eigenvalue weighted by molar-refractivity contribution is 0.601. The van der Waals surface area contributed by atoms with E-state index in [2.05, 4.69) is 14.9 Å². The number of anilines is 1. The average Bonchev–Trinajstić information content (AvgIpc) is 3.12. The Morgan fingerprint density at radius 1 is 0.926 bits per heavy atom. The van der Waals surface area contributed by atoms with Crippen LogP contribution in [0, 0.1) is 0 Å². The molecule has 4 rings (SSSR count). The van der Waals surface area contributed by atoms with Crippen molar-refractivity contribution in [3.8, 4) is 11.1 Å². The second kappa shape index (κ2) is 6.88. The highest BCUT2D eigenvalue weighted by Crippen LogP contribution is 2.31. The molecule has 2 N–H and O–H groups in total. The molecule has 0 spiro atoms. The van der Waals surface area contributed by atoms with E-state index < -0.39 is 10.0 Å². The van der Waals surface area contributed by atoms with Gasteiger partial charge in [0.15, 0.2) is 0 Å². The molecule has 0 fully saturated rings. The molecule has 0 saturated heterocycles. The second-order valence-corrected chi connectivity index (χ2v) is 8.34. The third kappa shape index (κ3) is 3.51. The van der Waals surface area contributed by atoms with Crippen molar-refractivity contribution in [2.24, 2.45) is 0 Å². The zero-order chi connectivity index (χ0) is 19.0. The van der Waals surface area contributed by atoms with Crippen molar-refractivity contribution < 1.29 is 8.42 Å². The van der Waals surface area contributed by atoms with Crippen LogP contribution in [0.3, 0.4) is 0 Å². The van der Waals surface area contributed by atoms with Crippen LogP contribution in [-0.4, -0.2) is 18.6 Å². The molecular weight excluding hydrogens is 405 g/mol. The van der Waals surface area contributed by atoms with Crippen LogP contribution in [0.2, 0.25) is 10.0 Å². The largest absolute Gasteiger partial charge is 0.280 e. The predicted molar refractivity (Wildman–Crippen MR) is 109 cm³/mol. The maximum Gasteiger partial charge on any atom is 0.263 e. The van der Waals surface area contributed by atoms with Crippen LogP contribution in [0.4, 0.5) is 5.69 Å². The highest BCUT2D eigenvalue weighted by atomic mass is 35.5. The summed E-state index contributed by atoms with van der Waals surface area (Å²) in [5, 5.41) is 8.16. The van der Waals surface area contributed by atoms with Crippen molar-refractivity contribution in [1.29, 1.82) is 0 Å². The van der Waals surface area contributed by atoms with Gasteiger partial charge in [0.25, 0.3) is 10.0 Å². The van der Waals surface area contributed by atoms with Crippen molar-refractivity contribution in [2.75, 3.05) is 4.72 Å². The number of nitrogens with zero attached hydrogens (tertiary/aromatic N) is 1. The number of benzene rings is 3. The first-order valence-electron chi connectivity index (χ1n) is 7.94. The first-order valence-corrected chi connectivity index (χ1v) is 10.2. The van der Waals surface area contributed by atoms with Crippen LogP contribution in [0.1, 0.15) is 0 Å². The van der Waals surface area contributed by atoms with Gasteiger partial charge >= 0.3 is 0 Å². The molecule has 0 saturated carbocycles. The fourth-order valence-corrected chi connectivity index (χ4v) is 4.57. The molecule has 8 heteroatoms. The van der Waals surface area contributed by atoms with Gasteiger partial charge in [-0.2, -0.15) is 5.10 Å². The summed E-state index contributed by atoms with van der Waals surface area (Å²) in [6.07, 6.45) is 1.76. The SMILES string of the molecule is O=S(=O)(Nc1ccc(-c2ccc3cn[nH]c3c2)cc1)c1cccc(Cl)c1Cl. The van der Waals surface area contributed by atoms with Gasteiger partial charge in [0.1, 0.15) is 4.90 Å². The Kier molecular flexibility index (Phi) is 4.55. The van der Waals surface area contributed by atoms with Crippen LogP contribution in [0.15, 0.2) is 71.8 Å². The van der Waals surface area contributed by atoms with E-state index in [1.807, 2.05) is 30.3 Å². The van der Waals surface area contributed by atoms with Crippen LogP contribution in [0.25, 0.3) is 22.0 Å². The van der Waals surface area contributed by atoms with Gasteiger partial charge in [-0.15, -0.1) is 0 Å². The number of fused-ring (bicyclic) bond motifs is 1. The fourth-order valence-electron chi connectivity index (χ4n) is 2.75. The molecule has 0 amide bonds. The molecule has 0 aliphatic heterocycles. The monoisotopic (exact) mass is 417 g/mol. The zero-order valence-corrected chi connectivity index (χ0v) is 16.1. The summed E-state index contributed by atoms with van der Waals surface area (Å²) >= 11 is 11.9.